The predicted molar refractivity (Wildman–Crippen MR) is 76.8 cm³/mol. The second-order valence-electron chi connectivity index (χ2n) is 5.26. The summed E-state index contributed by atoms with van der Waals surface area (Å²) in [4.78, 5) is 14.6. The van der Waals surface area contributed by atoms with Gasteiger partial charge in [0.1, 0.15) is 11.6 Å². The van der Waals surface area contributed by atoms with Crippen LogP contribution in [0.15, 0.2) is 18.2 Å². The minimum Gasteiger partial charge on any atom is -0.496 e. The van der Waals surface area contributed by atoms with E-state index in [1.165, 1.54) is 26.0 Å². The molecule has 1 aliphatic carbocycles. The van der Waals surface area contributed by atoms with Crippen molar-refractivity contribution in [2.24, 2.45) is 0 Å². The molecule has 110 valence electrons. The van der Waals surface area contributed by atoms with Crippen LogP contribution < -0.4 is 4.74 Å². The van der Waals surface area contributed by atoms with E-state index in [0.29, 0.717) is 24.8 Å². The van der Waals surface area contributed by atoms with Gasteiger partial charge in [0.05, 0.1) is 12.7 Å². The lowest BCUT2D eigenvalue weighted by molar-refractivity contribution is 0.0955. The molecular weight excluding hydrogens is 257 g/mol. The van der Waals surface area contributed by atoms with Gasteiger partial charge in [-0.1, -0.05) is 13.0 Å². The van der Waals surface area contributed by atoms with Gasteiger partial charge in [-0.2, -0.15) is 0 Å². The van der Waals surface area contributed by atoms with E-state index < -0.39 is 5.82 Å². The molecule has 2 rings (SSSR count). The maximum Gasteiger partial charge on any atom is 0.170 e. The number of methoxy groups -OCH3 is 1. The number of carbonyl (C=O) groups excluding carboxylic acids is 1. The molecule has 0 aliphatic heterocycles. The Kier molecular flexibility index (Phi) is 5.12. The van der Waals surface area contributed by atoms with Crippen LogP contribution in [-0.4, -0.2) is 36.9 Å². The normalized spacial score (nSPS) is 14.6. The van der Waals surface area contributed by atoms with Crippen molar-refractivity contribution < 1.29 is 13.9 Å². The van der Waals surface area contributed by atoms with Crippen LogP contribution >= 0.6 is 0 Å². The zero-order valence-electron chi connectivity index (χ0n) is 12.2. The Morgan fingerprint density at radius 3 is 2.75 bits per heavy atom. The first-order chi connectivity index (χ1) is 9.67. The summed E-state index contributed by atoms with van der Waals surface area (Å²) in [5.74, 6) is -0.354. The molecule has 3 nitrogen and oxygen atoms in total. The maximum absolute atomic E-state index is 13.8. The van der Waals surface area contributed by atoms with Gasteiger partial charge in [0, 0.05) is 19.0 Å². The van der Waals surface area contributed by atoms with E-state index in [1.807, 2.05) is 0 Å². The Balaban J connectivity index is 2.01. The molecule has 20 heavy (non-hydrogen) atoms. The number of carbonyl (C=O) groups is 1. The van der Waals surface area contributed by atoms with E-state index in [0.717, 1.165) is 13.0 Å². The van der Waals surface area contributed by atoms with Gasteiger partial charge in [0.15, 0.2) is 5.78 Å². The molecule has 0 unspecified atom stereocenters. The van der Waals surface area contributed by atoms with Crippen molar-refractivity contribution in [3.63, 3.8) is 0 Å². The number of hydrogen-bond acceptors (Lipinski definition) is 3. The Hall–Kier alpha value is -1.42. The highest BCUT2D eigenvalue weighted by Crippen LogP contribution is 2.28. The lowest BCUT2D eigenvalue weighted by Gasteiger charge is -2.20. The molecule has 1 saturated carbocycles. The van der Waals surface area contributed by atoms with Gasteiger partial charge in [-0.25, -0.2) is 4.39 Å². The van der Waals surface area contributed by atoms with Crippen LogP contribution in [0.25, 0.3) is 0 Å². The Morgan fingerprint density at radius 2 is 2.15 bits per heavy atom. The van der Waals surface area contributed by atoms with Gasteiger partial charge in [-0.3, -0.25) is 9.69 Å². The summed E-state index contributed by atoms with van der Waals surface area (Å²) in [6.07, 6.45) is 3.86. The second kappa shape index (κ2) is 6.84. The van der Waals surface area contributed by atoms with Crippen LogP contribution in [0, 0.1) is 5.82 Å². The smallest absolute Gasteiger partial charge is 0.170 e. The maximum atomic E-state index is 13.8. The van der Waals surface area contributed by atoms with Crippen LogP contribution in [0.1, 0.15) is 43.0 Å². The molecule has 0 heterocycles. The molecule has 0 aromatic heterocycles. The summed E-state index contributed by atoms with van der Waals surface area (Å²) in [6, 6.07) is 5.12. The number of hydrogen-bond donors (Lipinski definition) is 0. The van der Waals surface area contributed by atoms with Crippen molar-refractivity contribution >= 4 is 5.78 Å². The summed E-state index contributed by atoms with van der Waals surface area (Å²) in [5.41, 5.74) is 0.0854. The Morgan fingerprint density at radius 1 is 1.40 bits per heavy atom. The van der Waals surface area contributed by atoms with E-state index in [9.17, 15) is 9.18 Å². The first kappa shape index (κ1) is 15.0. The number of halogens is 1. The van der Waals surface area contributed by atoms with E-state index in [-0.39, 0.29) is 11.3 Å². The fraction of sp³-hybridized carbons (Fsp3) is 0.562. The van der Waals surface area contributed by atoms with Crippen molar-refractivity contribution in [1.29, 1.82) is 0 Å². The van der Waals surface area contributed by atoms with Gasteiger partial charge in [-0.05, 0) is 37.9 Å². The fourth-order valence-corrected chi connectivity index (χ4v) is 2.52. The largest absolute Gasteiger partial charge is 0.496 e. The van der Waals surface area contributed by atoms with Crippen molar-refractivity contribution in [3.05, 3.63) is 29.6 Å². The van der Waals surface area contributed by atoms with Gasteiger partial charge >= 0.3 is 0 Å². The van der Waals surface area contributed by atoms with Crippen LogP contribution in [-0.2, 0) is 0 Å². The SMILES string of the molecule is CCCN(CCC(=O)c1c(F)cccc1OC)C1CC1. The van der Waals surface area contributed by atoms with Crippen LogP contribution in [0.5, 0.6) is 5.75 Å². The summed E-state index contributed by atoms with van der Waals surface area (Å²) < 4.78 is 18.9. The highest BCUT2D eigenvalue weighted by atomic mass is 19.1. The predicted octanol–water partition coefficient (Wildman–Crippen LogP) is 3.28. The molecule has 0 atom stereocenters. The molecule has 0 bridgehead atoms. The molecule has 1 aromatic carbocycles. The molecule has 0 radical (unpaired) electrons. The molecule has 1 fully saturated rings. The average molecular weight is 279 g/mol. The molecule has 0 N–H and O–H groups in total. The lowest BCUT2D eigenvalue weighted by Crippen LogP contribution is -2.29. The molecular formula is C16H22FNO2. The van der Waals surface area contributed by atoms with Crippen molar-refractivity contribution in [3.8, 4) is 5.75 Å². The molecule has 4 heteroatoms. The number of ketones is 1. The first-order valence-electron chi connectivity index (χ1n) is 7.27. The lowest BCUT2D eigenvalue weighted by atomic mass is 10.1. The standard InChI is InChI=1S/C16H22FNO2/c1-3-10-18(12-7-8-12)11-9-14(19)16-13(17)5-4-6-15(16)20-2/h4-6,12H,3,7-11H2,1-2H3. The minimum absolute atomic E-state index is 0.0854. The molecule has 1 aromatic rings. The molecule has 1 aliphatic rings. The van der Waals surface area contributed by atoms with Gasteiger partial charge in [0.2, 0.25) is 0 Å². The topological polar surface area (TPSA) is 29.5 Å². The van der Waals surface area contributed by atoms with Crippen molar-refractivity contribution in [2.75, 3.05) is 20.2 Å². The van der Waals surface area contributed by atoms with Gasteiger partial charge in [-0.15, -0.1) is 0 Å². The third-order valence-electron chi connectivity index (χ3n) is 3.67. The highest BCUT2D eigenvalue weighted by Gasteiger charge is 2.29. The van der Waals surface area contributed by atoms with Crippen molar-refractivity contribution in [1.82, 2.24) is 4.90 Å². The molecule has 0 amide bonds. The number of benzene rings is 1. The minimum atomic E-state index is -0.497. The van der Waals surface area contributed by atoms with E-state index in [1.54, 1.807) is 12.1 Å². The van der Waals surface area contributed by atoms with E-state index >= 15 is 0 Å². The summed E-state index contributed by atoms with van der Waals surface area (Å²) in [6.45, 7) is 3.85. The van der Waals surface area contributed by atoms with E-state index in [2.05, 4.69) is 11.8 Å². The number of Topliss-reactive ketones (excluding diaryl/α,β-unsaturated/α-hetero) is 1. The fourth-order valence-electron chi connectivity index (χ4n) is 2.52. The Bertz CT molecular complexity index is 472. The van der Waals surface area contributed by atoms with Gasteiger partial charge < -0.3 is 4.74 Å². The quantitative estimate of drug-likeness (QED) is 0.684. The number of rotatable bonds is 8. The molecule has 0 saturated heterocycles. The zero-order valence-corrected chi connectivity index (χ0v) is 12.2. The van der Waals surface area contributed by atoms with E-state index in [4.69, 9.17) is 4.74 Å². The second-order valence-corrected chi connectivity index (χ2v) is 5.26. The first-order valence-corrected chi connectivity index (χ1v) is 7.27. The monoisotopic (exact) mass is 279 g/mol. The third-order valence-corrected chi connectivity index (χ3v) is 3.67. The highest BCUT2D eigenvalue weighted by molar-refractivity contribution is 5.99. The summed E-state index contributed by atoms with van der Waals surface area (Å²) in [7, 11) is 1.46. The van der Waals surface area contributed by atoms with Crippen LogP contribution in [0.2, 0.25) is 0 Å². The molecule has 0 spiro atoms. The number of ether oxygens (including phenoxy) is 1. The number of nitrogens with zero attached hydrogens (tertiary/aromatic N) is 1. The zero-order chi connectivity index (χ0) is 14.5. The summed E-state index contributed by atoms with van der Waals surface area (Å²) >= 11 is 0. The summed E-state index contributed by atoms with van der Waals surface area (Å²) in [5, 5.41) is 0. The Labute approximate surface area is 119 Å². The van der Waals surface area contributed by atoms with Crippen LogP contribution in [0.4, 0.5) is 4.39 Å². The average Bonchev–Trinajstić information content (AvgIpc) is 3.27. The van der Waals surface area contributed by atoms with Gasteiger partial charge in [0.25, 0.3) is 0 Å². The third kappa shape index (κ3) is 3.57. The van der Waals surface area contributed by atoms with Crippen LogP contribution in [0.3, 0.4) is 0 Å². The van der Waals surface area contributed by atoms with Crippen molar-refractivity contribution in [2.45, 2.75) is 38.6 Å².